The summed E-state index contributed by atoms with van der Waals surface area (Å²) in [6, 6.07) is 19.1. The number of amidine groups is 1. The van der Waals surface area contributed by atoms with Gasteiger partial charge in [0.2, 0.25) is 10.0 Å². The van der Waals surface area contributed by atoms with Gasteiger partial charge in [-0.05, 0) is 102 Å². The zero-order valence-electron chi connectivity index (χ0n) is 31.3. The lowest BCUT2D eigenvalue weighted by molar-refractivity contribution is 0.0868. The van der Waals surface area contributed by atoms with Crippen molar-refractivity contribution in [1.29, 1.82) is 0 Å². The fourth-order valence-electron chi connectivity index (χ4n) is 7.01. The Bertz CT molecular complexity index is 2060. The van der Waals surface area contributed by atoms with Crippen molar-refractivity contribution >= 4 is 54.9 Å². The van der Waals surface area contributed by atoms with Gasteiger partial charge in [-0.1, -0.05) is 47.5 Å². The SMILES string of the molecule is CCOc1cc(S(=O)(=O)NC(C)(C)C)ccc1C1=N[C@@](C)(c2ccc(Cl)cc2)[C@@](C)(c2ccc(Cl)cc2)N1C(=O)N1CCN(CCCS(C)(=O)=O)CC1. The third kappa shape index (κ3) is 8.87. The molecule has 0 aromatic heterocycles. The zero-order chi connectivity index (χ0) is 39.0. The number of sulfonamides is 1. The third-order valence-electron chi connectivity index (χ3n) is 9.82. The second kappa shape index (κ2) is 15.5. The number of carbonyl (C=O) groups is 1. The number of nitrogens with zero attached hydrogens (tertiary/aromatic N) is 4. The molecule has 1 fully saturated rings. The number of hydrogen-bond donors (Lipinski definition) is 1. The number of sulfone groups is 1. The summed E-state index contributed by atoms with van der Waals surface area (Å²) >= 11 is 12.8. The first-order valence-electron chi connectivity index (χ1n) is 17.6. The van der Waals surface area contributed by atoms with Gasteiger partial charge in [-0.15, -0.1) is 0 Å². The van der Waals surface area contributed by atoms with Gasteiger partial charge in [0, 0.05) is 54.1 Å². The summed E-state index contributed by atoms with van der Waals surface area (Å²) in [5.41, 5.74) is -0.933. The first-order chi connectivity index (χ1) is 24.7. The first-order valence-corrected chi connectivity index (χ1v) is 21.9. The average molecular weight is 807 g/mol. The normalized spacial score (nSPS) is 21.5. The van der Waals surface area contributed by atoms with Crippen molar-refractivity contribution in [2.24, 2.45) is 4.99 Å². The number of aliphatic imine (C=N–C) groups is 1. The number of carbonyl (C=O) groups excluding carboxylic acids is 1. The lowest BCUT2D eigenvalue weighted by atomic mass is 9.71. The quantitative estimate of drug-likeness (QED) is 0.233. The Hall–Kier alpha value is -3.20. The molecule has 0 bridgehead atoms. The van der Waals surface area contributed by atoms with Crippen molar-refractivity contribution in [3.8, 4) is 5.75 Å². The van der Waals surface area contributed by atoms with E-state index in [9.17, 15) is 16.8 Å². The van der Waals surface area contributed by atoms with Crippen LogP contribution in [-0.2, 0) is 30.9 Å². The van der Waals surface area contributed by atoms with Gasteiger partial charge in [-0.25, -0.2) is 26.4 Å². The maximum absolute atomic E-state index is 15.2. The molecule has 15 heteroatoms. The summed E-state index contributed by atoms with van der Waals surface area (Å²) in [5.74, 6) is 0.684. The van der Waals surface area contributed by atoms with Gasteiger partial charge >= 0.3 is 6.03 Å². The summed E-state index contributed by atoms with van der Waals surface area (Å²) in [4.78, 5) is 26.3. The van der Waals surface area contributed by atoms with Crippen molar-refractivity contribution in [2.75, 3.05) is 51.3 Å². The Morgan fingerprint density at radius 3 is 1.98 bits per heavy atom. The highest BCUT2D eigenvalue weighted by Crippen LogP contribution is 2.54. The van der Waals surface area contributed by atoms with Crippen molar-refractivity contribution in [3.63, 3.8) is 0 Å². The molecule has 1 saturated heterocycles. The van der Waals surface area contributed by atoms with Crippen LogP contribution in [0.1, 0.15) is 64.7 Å². The standard InChI is InChI=1S/C38H49Cl2N5O6S2/c1-8-51-33-26-31(53(49,50)42-36(2,3)4)18-19-32(33)34-41-37(5,27-10-14-29(39)15-11-27)38(6,28-12-16-30(40)17-13-28)45(34)35(46)44-23-21-43(22-24-44)20-9-25-52(7,47)48/h10-19,26,42H,8-9,20-25H2,1-7H3/t37-,38+/m0/s1. The average Bonchev–Trinajstić information content (AvgIpc) is 3.31. The van der Waals surface area contributed by atoms with Crippen LogP contribution >= 0.6 is 23.2 Å². The fourth-order valence-corrected chi connectivity index (χ4v) is 9.35. The third-order valence-corrected chi connectivity index (χ3v) is 13.1. The minimum Gasteiger partial charge on any atom is -0.493 e. The molecule has 1 N–H and O–H groups in total. The smallest absolute Gasteiger partial charge is 0.326 e. The molecular weight excluding hydrogens is 757 g/mol. The van der Waals surface area contributed by atoms with Crippen LogP contribution in [0.2, 0.25) is 10.0 Å². The minimum atomic E-state index is -3.93. The number of halogens is 2. The van der Waals surface area contributed by atoms with E-state index in [4.69, 9.17) is 32.9 Å². The molecule has 3 aromatic rings. The van der Waals surface area contributed by atoms with Gasteiger partial charge in [0.25, 0.3) is 0 Å². The molecule has 0 unspecified atom stereocenters. The lowest BCUT2D eigenvalue weighted by Gasteiger charge is -2.47. The number of nitrogens with one attached hydrogen (secondary N) is 1. The van der Waals surface area contributed by atoms with E-state index in [-0.39, 0.29) is 29.0 Å². The maximum atomic E-state index is 15.2. The largest absolute Gasteiger partial charge is 0.493 e. The van der Waals surface area contributed by atoms with E-state index in [1.807, 2.05) is 45.0 Å². The molecule has 53 heavy (non-hydrogen) atoms. The summed E-state index contributed by atoms with van der Waals surface area (Å²) in [5, 5.41) is 1.09. The van der Waals surface area contributed by atoms with Crippen molar-refractivity contribution in [3.05, 3.63) is 93.5 Å². The van der Waals surface area contributed by atoms with Crippen LogP contribution in [0.25, 0.3) is 0 Å². The van der Waals surface area contributed by atoms with Crippen molar-refractivity contribution < 1.29 is 26.4 Å². The number of piperazine rings is 1. The molecule has 2 aliphatic heterocycles. The molecule has 0 saturated carbocycles. The molecule has 3 aromatic carbocycles. The molecule has 11 nitrogen and oxygen atoms in total. The van der Waals surface area contributed by atoms with E-state index < -0.39 is 36.5 Å². The van der Waals surface area contributed by atoms with Gasteiger partial charge in [-0.2, -0.15) is 0 Å². The Balaban J connectivity index is 1.67. The number of rotatable bonds is 11. The molecule has 288 valence electrons. The van der Waals surface area contributed by atoms with E-state index in [2.05, 4.69) is 9.62 Å². The summed E-state index contributed by atoms with van der Waals surface area (Å²) in [6.45, 7) is 13.9. The van der Waals surface area contributed by atoms with Gasteiger partial charge in [-0.3, -0.25) is 14.8 Å². The van der Waals surface area contributed by atoms with E-state index in [0.29, 0.717) is 60.6 Å². The highest BCUT2D eigenvalue weighted by Gasteiger charge is 2.60. The Morgan fingerprint density at radius 1 is 0.887 bits per heavy atom. The highest BCUT2D eigenvalue weighted by molar-refractivity contribution is 7.90. The number of benzene rings is 3. The molecule has 2 atom stereocenters. The highest BCUT2D eigenvalue weighted by atomic mass is 35.5. The number of urea groups is 1. The first kappa shape index (κ1) is 41.0. The topological polar surface area (TPSA) is 129 Å². The number of amides is 2. The number of ether oxygens (including phenoxy) is 1. The summed E-state index contributed by atoms with van der Waals surface area (Å²) < 4.78 is 59.2. The van der Waals surface area contributed by atoms with Crippen LogP contribution in [0.3, 0.4) is 0 Å². The van der Waals surface area contributed by atoms with Crippen LogP contribution in [0.5, 0.6) is 5.75 Å². The monoisotopic (exact) mass is 805 g/mol. The van der Waals surface area contributed by atoms with Gasteiger partial charge in [0.05, 0.1) is 22.8 Å². The molecule has 2 heterocycles. The maximum Gasteiger partial charge on any atom is 0.326 e. The van der Waals surface area contributed by atoms with E-state index in [1.54, 1.807) is 60.9 Å². The minimum absolute atomic E-state index is 0.0176. The molecule has 0 spiro atoms. The second-order valence-electron chi connectivity index (χ2n) is 15.0. The molecule has 2 aliphatic rings. The molecule has 0 radical (unpaired) electrons. The Kier molecular flexibility index (Phi) is 12.0. The van der Waals surface area contributed by atoms with Gasteiger partial charge < -0.3 is 9.64 Å². The summed E-state index contributed by atoms with van der Waals surface area (Å²) in [7, 11) is -7.00. The predicted molar refractivity (Wildman–Crippen MR) is 211 cm³/mol. The Labute approximate surface area is 324 Å². The zero-order valence-corrected chi connectivity index (χ0v) is 34.5. The van der Waals surface area contributed by atoms with Crippen LogP contribution < -0.4 is 9.46 Å². The molecular formula is C38H49Cl2N5O6S2. The molecule has 5 rings (SSSR count). The van der Waals surface area contributed by atoms with Crippen LogP contribution in [-0.4, -0.2) is 100 Å². The Morgan fingerprint density at radius 2 is 1.45 bits per heavy atom. The second-order valence-corrected chi connectivity index (χ2v) is 19.8. The summed E-state index contributed by atoms with van der Waals surface area (Å²) in [6.07, 6.45) is 1.75. The lowest BCUT2D eigenvalue weighted by Crippen LogP contribution is -2.60. The van der Waals surface area contributed by atoms with Crippen LogP contribution in [0.4, 0.5) is 4.79 Å². The van der Waals surface area contributed by atoms with E-state index in [1.165, 1.54) is 18.4 Å². The van der Waals surface area contributed by atoms with Gasteiger partial charge in [0.1, 0.15) is 32.5 Å². The van der Waals surface area contributed by atoms with Gasteiger partial charge in [0.15, 0.2) is 0 Å². The van der Waals surface area contributed by atoms with Crippen molar-refractivity contribution in [2.45, 2.75) is 69.5 Å². The number of hydrogen-bond acceptors (Lipinski definition) is 8. The van der Waals surface area contributed by atoms with Crippen LogP contribution in [0.15, 0.2) is 76.6 Å². The van der Waals surface area contributed by atoms with E-state index >= 15 is 4.79 Å². The van der Waals surface area contributed by atoms with E-state index in [0.717, 1.165) is 11.1 Å². The molecule has 0 aliphatic carbocycles. The van der Waals surface area contributed by atoms with Crippen molar-refractivity contribution in [1.82, 2.24) is 19.4 Å². The molecule has 2 amide bonds. The fraction of sp³-hybridized carbons (Fsp3) is 0.474. The van der Waals surface area contributed by atoms with Crippen LogP contribution in [0, 0.1) is 0 Å². The predicted octanol–water partition coefficient (Wildman–Crippen LogP) is 6.53.